The molecule has 15 heteroatoms. The van der Waals surface area contributed by atoms with E-state index < -0.39 is 33.9 Å². The third kappa shape index (κ3) is 9.27. The highest BCUT2D eigenvalue weighted by Crippen LogP contribution is 2.29. The van der Waals surface area contributed by atoms with E-state index in [1.165, 1.54) is 54.2 Å². The largest absolute Gasteiger partial charge is 0.445 e. The molecule has 42 heavy (non-hydrogen) atoms. The highest BCUT2D eigenvalue weighted by atomic mass is 32.2. The molecular weight excluding hydrogens is 572 g/mol. The van der Waals surface area contributed by atoms with Gasteiger partial charge in [0.05, 0.1) is 28.2 Å². The van der Waals surface area contributed by atoms with Crippen LogP contribution in [0.15, 0.2) is 60.0 Å². The van der Waals surface area contributed by atoms with Crippen LogP contribution in [0.5, 0.6) is 0 Å². The van der Waals surface area contributed by atoms with Crippen LogP contribution in [0.3, 0.4) is 0 Å². The van der Waals surface area contributed by atoms with Crippen LogP contribution in [0.1, 0.15) is 25.0 Å². The van der Waals surface area contributed by atoms with E-state index in [1.807, 2.05) is 13.8 Å². The van der Waals surface area contributed by atoms with E-state index in [0.29, 0.717) is 17.9 Å². The Kier molecular flexibility index (Phi) is 11.8. The second kappa shape index (κ2) is 15.5. The first kappa shape index (κ1) is 32.0. The summed E-state index contributed by atoms with van der Waals surface area (Å²) in [5, 5.41) is 29.0. The number of thioether (sulfide) groups is 1. The van der Waals surface area contributed by atoms with Crippen molar-refractivity contribution in [3.8, 4) is 0 Å². The first-order chi connectivity index (χ1) is 20.1. The molecule has 0 saturated carbocycles. The van der Waals surface area contributed by atoms with E-state index in [4.69, 9.17) is 14.5 Å². The van der Waals surface area contributed by atoms with Crippen molar-refractivity contribution in [3.63, 3.8) is 0 Å². The zero-order valence-corrected chi connectivity index (χ0v) is 23.6. The SMILES string of the molecule is CC(C)[C@@H](OOC(=O)Cc1ccccc1[N+](=O)[O-])[C@H]1C(=O)N[C@H]1C=CSCCNC(=O)OCc1ccc([N+](=O)[O-])cc1. The maximum absolute atomic E-state index is 12.3. The first-order valence-corrected chi connectivity index (χ1v) is 13.9. The van der Waals surface area contributed by atoms with Gasteiger partial charge in [-0.2, -0.15) is 4.89 Å². The van der Waals surface area contributed by atoms with Crippen LogP contribution in [0.2, 0.25) is 0 Å². The summed E-state index contributed by atoms with van der Waals surface area (Å²) < 4.78 is 5.09. The fraction of sp³-hybridized carbons (Fsp3) is 0.370. The number of nitro benzene ring substituents is 2. The van der Waals surface area contributed by atoms with Crippen molar-refractivity contribution in [1.82, 2.24) is 10.6 Å². The maximum atomic E-state index is 12.3. The second-order valence-corrected chi connectivity index (χ2v) is 10.5. The summed E-state index contributed by atoms with van der Waals surface area (Å²) in [5.74, 6) is -1.38. The van der Waals surface area contributed by atoms with E-state index in [9.17, 15) is 34.6 Å². The number of para-hydroxylation sites is 1. The van der Waals surface area contributed by atoms with Gasteiger partial charge < -0.3 is 15.4 Å². The molecule has 1 aliphatic rings. The molecule has 0 radical (unpaired) electrons. The number of ether oxygens (including phenoxy) is 1. The van der Waals surface area contributed by atoms with E-state index in [1.54, 1.807) is 17.6 Å². The van der Waals surface area contributed by atoms with Gasteiger partial charge >= 0.3 is 12.1 Å². The molecule has 0 aromatic heterocycles. The smallest absolute Gasteiger partial charge is 0.407 e. The molecular formula is C27H30N4O10S. The van der Waals surface area contributed by atoms with Crippen LogP contribution < -0.4 is 10.6 Å². The lowest BCUT2D eigenvalue weighted by atomic mass is 9.81. The molecule has 1 heterocycles. The Labute approximate surface area is 245 Å². The Hall–Kier alpha value is -4.50. The number of nitro groups is 2. The van der Waals surface area contributed by atoms with Crippen molar-refractivity contribution in [2.45, 2.75) is 39.0 Å². The lowest BCUT2D eigenvalue weighted by Crippen LogP contribution is -2.62. The lowest BCUT2D eigenvalue weighted by Gasteiger charge is -2.40. The van der Waals surface area contributed by atoms with Gasteiger partial charge in [-0.25, -0.2) is 9.59 Å². The quantitative estimate of drug-likeness (QED) is 0.0990. The Morgan fingerprint density at radius 1 is 1.10 bits per heavy atom. The van der Waals surface area contributed by atoms with E-state index in [0.717, 1.165) is 0 Å². The fourth-order valence-electron chi connectivity index (χ4n) is 3.99. The molecule has 0 spiro atoms. The van der Waals surface area contributed by atoms with E-state index >= 15 is 0 Å². The van der Waals surface area contributed by atoms with Crippen LogP contribution in [0.4, 0.5) is 16.2 Å². The van der Waals surface area contributed by atoms with Crippen molar-refractivity contribution in [1.29, 1.82) is 0 Å². The number of hydrogen-bond donors (Lipinski definition) is 2. The molecule has 14 nitrogen and oxygen atoms in total. The van der Waals surface area contributed by atoms with Gasteiger partial charge in [0.25, 0.3) is 11.4 Å². The number of carbonyl (C=O) groups excluding carboxylic acids is 3. The van der Waals surface area contributed by atoms with Gasteiger partial charge in [0.1, 0.15) is 12.7 Å². The van der Waals surface area contributed by atoms with Gasteiger partial charge in [0.2, 0.25) is 5.91 Å². The summed E-state index contributed by atoms with van der Waals surface area (Å²) in [6.45, 7) is 3.91. The summed E-state index contributed by atoms with van der Waals surface area (Å²) in [4.78, 5) is 67.6. The fourth-order valence-corrected chi connectivity index (χ4v) is 4.63. The summed E-state index contributed by atoms with van der Waals surface area (Å²) >= 11 is 1.39. The van der Waals surface area contributed by atoms with Crippen molar-refractivity contribution in [2.75, 3.05) is 12.3 Å². The summed E-state index contributed by atoms with van der Waals surface area (Å²) in [6, 6.07) is 11.1. The number of nitrogens with one attached hydrogen (secondary N) is 2. The number of nitrogens with zero attached hydrogens (tertiary/aromatic N) is 2. The molecule has 0 unspecified atom stereocenters. The molecule has 1 saturated heterocycles. The third-order valence-corrected chi connectivity index (χ3v) is 6.96. The number of β-lactam (4-membered cyclic amide) rings is 1. The zero-order valence-electron chi connectivity index (χ0n) is 22.8. The van der Waals surface area contributed by atoms with Crippen molar-refractivity contribution in [2.24, 2.45) is 11.8 Å². The second-order valence-electron chi connectivity index (χ2n) is 9.51. The Morgan fingerprint density at radius 2 is 1.81 bits per heavy atom. The Bertz CT molecular complexity index is 1320. The molecule has 224 valence electrons. The van der Waals surface area contributed by atoms with Gasteiger partial charge in [-0.05, 0) is 29.0 Å². The standard InChI is InChI=1S/C27H30N4O10S/c1-17(2)25(41-40-23(32)15-19-5-3-4-6-22(19)31(37)38)24-21(29-26(24)33)11-13-42-14-12-28-27(34)39-16-18-7-9-20(10-8-18)30(35)36/h3-11,13,17,21,24-25H,12,14-16H2,1-2H3,(H,28,34)(H,29,33)/t21-,24-,25+/m0/s1. The number of non-ortho nitro benzene ring substituents is 1. The number of carbonyl (C=O) groups is 3. The summed E-state index contributed by atoms with van der Waals surface area (Å²) in [7, 11) is 0. The summed E-state index contributed by atoms with van der Waals surface area (Å²) in [6.07, 6.45) is 0.0347. The van der Waals surface area contributed by atoms with Crippen LogP contribution in [-0.2, 0) is 37.1 Å². The molecule has 2 amide bonds. The lowest BCUT2D eigenvalue weighted by molar-refractivity contribution is -0.385. The minimum Gasteiger partial charge on any atom is -0.445 e. The molecule has 2 N–H and O–H groups in total. The van der Waals surface area contributed by atoms with Gasteiger partial charge in [-0.15, -0.1) is 11.8 Å². The minimum absolute atomic E-state index is 0.0276. The van der Waals surface area contributed by atoms with Gasteiger partial charge in [-0.1, -0.05) is 38.1 Å². The normalized spacial score (nSPS) is 16.8. The summed E-state index contributed by atoms with van der Waals surface area (Å²) in [5.41, 5.74) is 0.545. The Morgan fingerprint density at radius 3 is 2.45 bits per heavy atom. The molecule has 2 aromatic rings. The molecule has 2 aromatic carbocycles. The van der Waals surface area contributed by atoms with Gasteiger partial charge in [-0.3, -0.25) is 29.9 Å². The highest BCUT2D eigenvalue weighted by Gasteiger charge is 2.46. The minimum atomic E-state index is -0.823. The molecule has 0 bridgehead atoms. The number of hydrogen-bond acceptors (Lipinski definition) is 11. The zero-order chi connectivity index (χ0) is 30.6. The first-order valence-electron chi connectivity index (χ1n) is 12.9. The van der Waals surface area contributed by atoms with Crippen LogP contribution in [0, 0.1) is 32.1 Å². The number of benzene rings is 2. The topological polar surface area (TPSA) is 189 Å². The number of rotatable bonds is 15. The predicted molar refractivity (Wildman–Crippen MR) is 151 cm³/mol. The maximum Gasteiger partial charge on any atom is 0.407 e. The van der Waals surface area contributed by atoms with E-state index in [-0.39, 0.29) is 47.8 Å². The predicted octanol–water partition coefficient (Wildman–Crippen LogP) is 3.83. The molecule has 0 aliphatic carbocycles. The van der Waals surface area contributed by atoms with Crippen LogP contribution in [-0.4, -0.2) is 52.3 Å². The van der Waals surface area contributed by atoms with Crippen molar-refractivity contribution >= 4 is 41.1 Å². The average molecular weight is 603 g/mol. The van der Waals surface area contributed by atoms with Crippen molar-refractivity contribution < 1.29 is 38.7 Å². The van der Waals surface area contributed by atoms with Gasteiger partial charge in [0, 0.05) is 36.1 Å². The van der Waals surface area contributed by atoms with Crippen LogP contribution in [0.25, 0.3) is 0 Å². The Balaban J connectivity index is 1.39. The molecule has 1 aliphatic heterocycles. The number of alkyl carbamates (subject to hydrolysis) is 1. The third-order valence-electron chi connectivity index (χ3n) is 6.17. The average Bonchev–Trinajstić information content (AvgIpc) is 2.95. The van der Waals surface area contributed by atoms with Gasteiger partial charge in [0.15, 0.2) is 0 Å². The number of amides is 2. The molecule has 3 atom stereocenters. The molecule has 3 rings (SSSR count). The highest BCUT2D eigenvalue weighted by molar-refractivity contribution is 8.02. The van der Waals surface area contributed by atoms with Crippen LogP contribution >= 0.6 is 11.8 Å². The molecule has 1 fully saturated rings. The van der Waals surface area contributed by atoms with E-state index in [2.05, 4.69) is 10.6 Å². The van der Waals surface area contributed by atoms with Crippen molar-refractivity contribution in [3.05, 3.63) is 91.4 Å². The monoisotopic (exact) mass is 602 g/mol.